The van der Waals surface area contributed by atoms with Crippen LogP contribution >= 0.6 is 11.6 Å². The molecule has 0 saturated heterocycles. The van der Waals surface area contributed by atoms with E-state index in [0.29, 0.717) is 5.02 Å². The molecule has 0 fully saturated rings. The summed E-state index contributed by atoms with van der Waals surface area (Å²) in [5.41, 5.74) is 0.879. The van der Waals surface area contributed by atoms with Crippen LogP contribution in [0.25, 0.3) is 0 Å². The van der Waals surface area contributed by atoms with Gasteiger partial charge in [-0.1, -0.05) is 23.1 Å². The molecule has 0 saturated carbocycles. The van der Waals surface area contributed by atoms with Gasteiger partial charge in [-0.25, -0.2) is 8.42 Å². The van der Waals surface area contributed by atoms with Crippen LogP contribution in [0.5, 0.6) is 0 Å². The van der Waals surface area contributed by atoms with E-state index in [1.807, 2.05) is 7.85 Å². The quantitative estimate of drug-likeness (QED) is 0.601. The van der Waals surface area contributed by atoms with Crippen molar-refractivity contribution in [1.82, 2.24) is 0 Å². The smallest absolute Gasteiger partial charge is 0.175 e. The fourth-order valence-corrected chi connectivity index (χ4v) is 1.70. The van der Waals surface area contributed by atoms with Crippen LogP contribution in [0, 0.1) is 0 Å². The van der Waals surface area contributed by atoms with E-state index in [0.717, 1.165) is 11.7 Å². The highest BCUT2D eigenvalue weighted by Crippen LogP contribution is 2.12. The van der Waals surface area contributed by atoms with E-state index in [2.05, 4.69) is 0 Å². The lowest BCUT2D eigenvalue weighted by Gasteiger charge is -2.00. The van der Waals surface area contributed by atoms with Gasteiger partial charge >= 0.3 is 0 Å². The van der Waals surface area contributed by atoms with Crippen molar-refractivity contribution < 1.29 is 8.42 Å². The average molecular weight is 202 g/mol. The molecule has 12 heavy (non-hydrogen) atoms. The minimum Gasteiger partial charge on any atom is -0.224 e. The summed E-state index contributed by atoms with van der Waals surface area (Å²) in [6.07, 6.45) is 1.16. The molecular formula is C7H8BClO2S. The number of sulfone groups is 1. The minimum atomic E-state index is -3.13. The molecule has 1 aromatic rings. The summed E-state index contributed by atoms with van der Waals surface area (Å²) >= 11 is 5.76. The van der Waals surface area contributed by atoms with E-state index < -0.39 is 9.84 Å². The fourth-order valence-electron chi connectivity index (χ4n) is 0.804. The van der Waals surface area contributed by atoms with Crippen molar-refractivity contribution in [3.63, 3.8) is 0 Å². The summed E-state index contributed by atoms with van der Waals surface area (Å²) in [5, 5.41) is 0.484. The standard InChI is InChI=1S/C7H8BClO2S/c1-12(10,11)5-2-3-6(8)7(9)4-5/h2-4H,8H2,1H3. The van der Waals surface area contributed by atoms with E-state index >= 15 is 0 Å². The predicted molar refractivity (Wildman–Crippen MR) is 52.7 cm³/mol. The lowest BCUT2D eigenvalue weighted by molar-refractivity contribution is 0.602. The van der Waals surface area contributed by atoms with Crippen LogP contribution in [0.4, 0.5) is 0 Å². The fraction of sp³-hybridized carbons (Fsp3) is 0.143. The van der Waals surface area contributed by atoms with Crippen molar-refractivity contribution in [3.8, 4) is 0 Å². The third-order valence-electron chi connectivity index (χ3n) is 1.57. The Morgan fingerprint density at radius 3 is 2.42 bits per heavy atom. The molecule has 64 valence electrons. The first-order chi connectivity index (χ1) is 5.41. The first kappa shape index (κ1) is 9.61. The Hall–Kier alpha value is -0.475. The average Bonchev–Trinajstić information content (AvgIpc) is 1.92. The maximum absolute atomic E-state index is 11.0. The SMILES string of the molecule is Bc1ccc(S(C)(=O)=O)cc1Cl. The Bertz CT molecular complexity index is 400. The molecule has 0 aliphatic rings. The molecule has 0 spiro atoms. The predicted octanol–water partition coefficient (Wildman–Crippen LogP) is 0.00190. The topological polar surface area (TPSA) is 34.1 Å². The van der Waals surface area contributed by atoms with E-state index in [1.165, 1.54) is 6.07 Å². The van der Waals surface area contributed by atoms with Crippen molar-refractivity contribution in [2.24, 2.45) is 0 Å². The summed E-state index contributed by atoms with van der Waals surface area (Å²) in [6, 6.07) is 4.71. The summed E-state index contributed by atoms with van der Waals surface area (Å²) in [7, 11) is -1.30. The van der Waals surface area contributed by atoms with Gasteiger partial charge in [0, 0.05) is 11.3 Å². The molecule has 5 heteroatoms. The third kappa shape index (κ3) is 2.02. The monoisotopic (exact) mass is 202 g/mol. The number of rotatable bonds is 1. The van der Waals surface area contributed by atoms with Gasteiger partial charge in [-0.2, -0.15) is 0 Å². The molecule has 0 unspecified atom stereocenters. The first-order valence-corrected chi connectivity index (χ1v) is 5.64. The molecule has 2 nitrogen and oxygen atoms in total. The van der Waals surface area contributed by atoms with E-state index in [9.17, 15) is 8.42 Å². The van der Waals surface area contributed by atoms with Crippen LogP contribution in [0.3, 0.4) is 0 Å². The molecule has 1 aromatic carbocycles. The van der Waals surface area contributed by atoms with Gasteiger partial charge in [0.25, 0.3) is 0 Å². The van der Waals surface area contributed by atoms with Crippen molar-refractivity contribution >= 4 is 34.7 Å². The number of hydrogen-bond donors (Lipinski definition) is 0. The molecule has 0 radical (unpaired) electrons. The maximum atomic E-state index is 11.0. The highest BCUT2D eigenvalue weighted by atomic mass is 35.5. The first-order valence-electron chi connectivity index (χ1n) is 3.37. The molecule has 0 atom stereocenters. The largest absolute Gasteiger partial charge is 0.224 e. The molecule has 0 amide bonds. The minimum absolute atomic E-state index is 0.262. The Kier molecular flexibility index (Phi) is 2.49. The molecule has 0 N–H and O–H groups in total. The van der Waals surface area contributed by atoms with Gasteiger partial charge in [0.1, 0.15) is 7.85 Å². The zero-order valence-electron chi connectivity index (χ0n) is 6.83. The highest BCUT2D eigenvalue weighted by Gasteiger charge is 2.07. The van der Waals surface area contributed by atoms with Crippen LogP contribution in [-0.4, -0.2) is 22.5 Å². The lowest BCUT2D eigenvalue weighted by atomic mass is 9.97. The molecular weight excluding hydrogens is 194 g/mol. The van der Waals surface area contributed by atoms with Crippen molar-refractivity contribution in [2.45, 2.75) is 4.90 Å². The zero-order valence-corrected chi connectivity index (χ0v) is 8.41. The van der Waals surface area contributed by atoms with Crippen molar-refractivity contribution in [3.05, 3.63) is 23.2 Å². The van der Waals surface area contributed by atoms with Crippen molar-refractivity contribution in [2.75, 3.05) is 6.26 Å². The Balaban J connectivity index is 3.33. The molecule has 0 heterocycles. The summed E-state index contributed by atoms with van der Waals surface area (Å²) in [6.45, 7) is 0. The second kappa shape index (κ2) is 3.11. The Labute approximate surface area is 77.9 Å². The van der Waals surface area contributed by atoms with Crippen LogP contribution in [0.15, 0.2) is 23.1 Å². The van der Waals surface area contributed by atoms with Crippen LogP contribution in [0.2, 0.25) is 5.02 Å². The number of benzene rings is 1. The van der Waals surface area contributed by atoms with E-state index in [-0.39, 0.29) is 4.90 Å². The van der Waals surface area contributed by atoms with Gasteiger partial charge < -0.3 is 0 Å². The third-order valence-corrected chi connectivity index (χ3v) is 3.09. The van der Waals surface area contributed by atoms with Crippen LogP contribution in [-0.2, 0) is 9.84 Å². The molecule has 0 aromatic heterocycles. The molecule has 1 rings (SSSR count). The van der Waals surface area contributed by atoms with Gasteiger partial charge in [-0.15, -0.1) is 0 Å². The van der Waals surface area contributed by atoms with Gasteiger partial charge in [0.05, 0.1) is 4.90 Å². The second-order valence-corrected chi connectivity index (χ2v) is 5.11. The van der Waals surface area contributed by atoms with E-state index in [1.54, 1.807) is 12.1 Å². The molecule has 0 bridgehead atoms. The summed E-state index contributed by atoms with van der Waals surface area (Å²) in [5.74, 6) is 0. The summed E-state index contributed by atoms with van der Waals surface area (Å²) < 4.78 is 22.1. The van der Waals surface area contributed by atoms with Gasteiger partial charge in [0.15, 0.2) is 9.84 Å². The summed E-state index contributed by atoms with van der Waals surface area (Å²) in [4.78, 5) is 0.262. The van der Waals surface area contributed by atoms with E-state index in [4.69, 9.17) is 11.6 Å². The van der Waals surface area contributed by atoms with Gasteiger partial charge in [0.2, 0.25) is 0 Å². The number of hydrogen-bond acceptors (Lipinski definition) is 2. The second-order valence-electron chi connectivity index (χ2n) is 2.68. The Morgan fingerprint density at radius 1 is 1.42 bits per heavy atom. The van der Waals surface area contributed by atoms with Crippen LogP contribution < -0.4 is 5.46 Å². The highest BCUT2D eigenvalue weighted by molar-refractivity contribution is 7.90. The van der Waals surface area contributed by atoms with Gasteiger partial charge in [-0.3, -0.25) is 0 Å². The van der Waals surface area contributed by atoms with Crippen molar-refractivity contribution in [1.29, 1.82) is 0 Å². The molecule has 0 aliphatic heterocycles. The van der Waals surface area contributed by atoms with Crippen LogP contribution in [0.1, 0.15) is 0 Å². The zero-order chi connectivity index (χ0) is 9.35. The lowest BCUT2D eigenvalue weighted by Crippen LogP contribution is -2.06. The Morgan fingerprint density at radius 2 is 2.00 bits per heavy atom. The molecule has 0 aliphatic carbocycles. The number of halogens is 1. The van der Waals surface area contributed by atoms with Gasteiger partial charge in [-0.05, 0) is 12.1 Å². The normalized spacial score (nSPS) is 11.5. The maximum Gasteiger partial charge on any atom is 0.175 e.